The van der Waals surface area contributed by atoms with Crippen LogP contribution in [-0.2, 0) is 4.79 Å². The summed E-state index contributed by atoms with van der Waals surface area (Å²) in [5.74, 6) is -4.21. The van der Waals surface area contributed by atoms with Crippen LogP contribution in [0.1, 0.15) is 12.8 Å². The van der Waals surface area contributed by atoms with E-state index in [0.29, 0.717) is 6.54 Å². The summed E-state index contributed by atoms with van der Waals surface area (Å²) in [4.78, 5) is 13.5. The number of nitrogens with one attached hydrogen (secondary N) is 2. The molecule has 0 heterocycles. The van der Waals surface area contributed by atoms with E-state index in [4.69, 9.17) is 0 Å². The van der Waals surface area contributed by atoms with Crippen LogP contribution in [0.4, 0.5) is 18.9 Å². The van der Waals surface area contributed by atoms with Gasteiger partial charge in [-0.3, -0.25) is 4.79 Å². The third kappa shape index (κ3) is 6.03. The molecule has 0 unspecified atom stereocenters. The first kappa shape index (κ1) is 17.3. The van der Waals surface area contributed by atoms with Crippen LogP contribution in [0, 0.1) is 17.5 Å². The minimum absolute atomic E-state index is 0.125. The SMILES string of the molecule is CN(C)CCCNC(=O)CCNc1ccc(F)c(F)c1F. The van der Waals surface area contributed by atoms with Crippen LogP contribution in [-0.4, -0.2) is 44.5 Å². The fourth-order valence-corrected chi connectivity index (χ4v) is 1.68. The molecule has 1 aromatic carbocycles. The van der Waals surface area contributed by atoms with Gasteiger partial charge in [0, 0.05) is 19.5 Å². The van der Waals surface area contributed by atoms with Crippen LogP contribution < -0.4 is 10.6 Å². The Kier molecular flexibility index (Phi) is 7.01. The molecule has 0 aromatic heterocycles. The maximum Gasteiger partial charge on any atom is 0.221 e. The van der Waals surface area contributed by atoms with Crippen molar-refractivity contribution in [2.45, 2.75) is 12.8 Å². The van der Waals surface area contributed by atoms with Gasteiger partial charge in [0.25, 0.3) is 0 Å². The van der Waals surface area contributed by atoms with Crippen molar-refractivity contribution in [3.05, 3.63) is 29.6 Å². The van der Waals surface area contributed by atoms with Crippen LogP contribution in [0.3, 0.4) is 0 Å². The molecule has 0 atom stereocenters. The molecule has 2 N–H and O–H groups in total. The monoisotopic (exact) mass is 303 g/mol. The average Bonchev–Trinajstić information content (AvgIpc) is 2.43. The molecule has 0 saturated carbocycles. The van der Waals surface area contributed by atoms with Crippen molar-refractivity contribution in [1.29, 1.82) is 0 Å². The van der Waals surface area contributed by atoms with Gasteiger partial charge in [-0.05, 0) is 39.2 Å². The third-order valence-electron chi connectivity index (χ3n) is 2.81. The number of rotatable bonds is 8. The maximum atomic E-state index is 13.3. The van der Waals surface area contributed by atoms with E-state index in [1.807, 2.05) is 19.0 Å². The molecule has 1 amide bonds. The van der Waals surface area contributed by atoms with Crippen LogP contribution in [0.15, 0.2) is 12.1 Å². The second-order valence-electron chi connectivity index (χ2n) is 4.91. The van der Waals surface area contributed by atoms with Gasteiger partial charge in [0.05, 0.1) is 5.69 Å². The molecule has 0 aliphatic heterocycles. The zero-order valence-electron chi connectivity index (χ0n) is 12.2. The summed E-state index contributed by atoms with van der Waals surface area (Å²) in [7, 11) is 3.89. The lowest BCUT2D eigenvalue weighted by Gasteiger charge is -2.11. The van der Waals surface area contributed by atoms with E-state index in [0.717, 1.165) is 25.1 Å². The van der Waals surface area contributed by atoms with Crippen molar-refractivity contribution in [3.8, 4) is 0 Å². The quantitative estimate of drug-likeness (QED) is 0.570. The van der Waals surface area contributed by atoms with E-state index in [1.54, 1.807) is 0 Å². The van der Waals surface area contributed by atoms with Gasteiger partial charge >= 0.3 is 0 Å². The molecule has 0 aliphatic rings. The predicted octanol–water partition coefficient (Wildman–Crippen LogP) is 1.97. The van der Waals surface area contributed by atoms with Crippen molar-refractivity contribution in [2.75, 3.05) is 39.0 Å². The van der Waals surface area contributed by atoms with Crippen molar-refractivity contribution < 1.29 is 18.0 Å². The van der Waals surface area contributed by atoms with Gasteiger partial charge in [-0.2, -0.15) is 0 Å². The molecule has 0 aliphatic carbocycles. The van der Waals surface area contributed by atoms with Gasteiger partial charge in [-0.25, -0.2) is 13.2 Å². The van der Waals surface area contributed by atoms with Crippen molar-refractivity contribution >= 4 is 11.6 Å². The minimum atomic E-state index is -1.52. The molecule has 0 spiro atoms. The fraction of sp³-hybridized carbons (Fsp3) is 0.500. The van der Waals surface area contributed by atoms with Gasteiger partial charge in [0.2, 0.25) is 5.91 Å². The lowest BCUT2D eigenvalue weighted by molar-refractivity contribution is -0.120. The van der Waals surface area contributed by atoms with Crippen LogP contribution in [0.25, 0.3) is 0 Å². The van der Waals surface area contributed by atoms with Crippen LogP contribution in [0.2, 0.25) is 0 Å². The number of hydrogen-bond donors (Lipinski definition) is 2. The highest BCUT2D eigenvalue weighted by Gasteiger charge is 2.13. The highest BCUT2D eigenvalue weighted by atomic mass is 19.2. The Balaban J connectivity index is 2.27. The van der Waals surface area contributed by atoms with E-state index in [1.165, 1.54) is 0 Å². The summed E-state index contributed by atoms with van der Waals surface area (Å²) >= 11 is 0. The number of hydrogen-bond acceptors (Lipinski definition) is 3. The molecule has 1 rings (SSSR count). The molecule has 0 bridgehead atoms. The minimum Gasteiger partial charge on any atom is -0.382 e. The van der Waals surface area contributed by atoms with Crippen molar-refractivity contribution in [1.82, 2.24) is 10.2 Å². The molecule has 7 heteroatoms. The van der Waals surface area contributed by atoms with Gasteiger partial charge in [0.15, 0.2) is 17.5 Å². The zero-order chi connectivity index (χ0) is 15.8. The van der Waals surface area contributed by atoms with Crippen molar-refractivity contribution in [2.24, 2.45) is 0 Å². The lowest BCUT2D eigenvalue weighted by atomic mass is 10.2. The fourth-order valence-electron chi connectivity index (χ4n) is 1.68. The molecule has 1 aromatic rings. The van der Waals surface area contributed by atoms with E-state index < -0.39 is 17.5 Å². The average molecular weight is 303 g/mol. The van der Waals surface area contributed by atoms with Gasteiger partial charge < -0.3 is 15.5 Å². The van der Waals surface area contributed by atoms with E-state index in [2.05, 4.69) is 10.6 Å². The molecular weight excluding hydrogens is 283 g/mol. The summed E-state index contributed by atoms with van der Waals surface area (Å²) in [6, 6.07) is 1.94. The Morgan fingerprint density at radius 2 is 1.86 bits per heavy atom. The van der Waals surface area contributed by atoms with E-state index in [9.17, 15) is 18.0 Å². The summed E-state index contributed by atoms with van der Waals surface area (Å²) in [5, 5.41) is 5.30. The largest absolute Gasteiger partial charge is 0.382 e. The van der Waals surface area contributed by atoms with Crippen molar-refractivity contribution in [3.63, 3.8) is 0 Å². The molecule has 21 heavy (non-hydrogen) atoms. The molecule has 118 valence electrons. The number of carbonyl (C=O) groups is 1. The Hall–Kier alpha value is -1.76. The summed E-state index contributed by atoms with van der Waals surface area (Å²) in [6.07, 6.45) is 0.963. The smallest absolute Gasteiger partial charge is 0.221 e. The summed E-state index contributed by atoms with van der Waals surface area (Å²) < 4.78 is 39.0. The number of halogens is 3. The van der Waals surface area contributed by atoms with Gasteiger partial charge in [-0.1, -0.05) is 0 Å². The highest BCUT2D eigenvalue weighted by molar-refractivity contribution is 5.76. The highest BCUT2D eigenvalue weighted by Crippen LogP contribution is 2.19. The number of anilines is 1. The standard InChI is InChI=1S/C14H20F3N3O/c1-20(2)9-3-7-19-12(21)6-8-18-11-5-4-10(15)13(16)14(11)17/h4-5,18H,3,6-9H2,1-2H3,(H,19,21). The molecule has 0 saturated heterocycles. The summed E-state index contributed by atoms with van der Waals surface area (Å²) in [6.45, 7) is 1.58. The third-order valence-corrected chi connectivity index (χ3v) is 2.81. The Labute approximate surface area is 122 Å². The molecule has 4 nitrogen and oxygen atoms in total. The number of benzene rings is 1. The zero-order valence-corrected chi connectivity index (χ0v) is 12.2. The number of nitrogens with zero attached hydrogens (tertiary/aromatic N) is 1. The summed E-state index contributed by atoms with van der Waals surface area (Å²) in [5.41, 5.74) is -0.158. The van der Waals surface area contributed by atoms with Gasteiger partial charge in [0.1, 0.15) is 0 Å². The second-order valence-corrected chi connectivity index (χ2v) is 4.91. The normalized spacial score (nSPS) is 10.8. The first-order chi connectivity index (χ1) is 9.91. The number of amides is 1. The first-order valence-corrected chi connectivity index (χ1v) is 6.70. The second kappa shape index (κ2) is 8.51. The molecule has 0 fully saturated rings. The molecule has 0 radical (unpaired) electrons. The Bertz CT molecular complexity index is 481. The van der Waals surface area contributed by atoms with Crippen LogP contribution in [0.5, 0.6) is 0 Å². The topological polar surface area (TPSA) is 44.4 Å². The first-order valence-electron chi connectivity index (χ1n) is 6.70. The van der Waals surface area contributed by atoms with E-state index >= 15 is 0 Å². The maximum absolute atomic E-state index is 13.3. The van der Waals surface area contributed by atoms with Gasteiger partial charge in [-0.15, -0.1) is 0 Å². The molecular formula is C14H20F3N3O. The number of carbonyl (C=O) groups excluding carboxylic acids is 1. The predicted molar refractivity (Wildman–Crippen MR) is 75.6 cm³/mol. The Morgan fingerprint density at radius 1 is 1.14 bits per heavy atom. The lowest BCUT2D eigenvalue weighted by Crippen LogP contribution is -2.28. The van der Waals surface area contributed by atoms with E-state index in [-0.39, 0.29) is 24.6 Å². The Morgan fingerprint density at radius 3 is 2.52 bits per heavy atom. The van der Waals surface area contributed by atoms with Crippen LogP contribution >= 0.6 is 0 Å².